The minimum absolute atomic E-state index is 0.0244. The van der Waals surface area contributed by atoms with E-state index in [0.29, 0.717) is 17.5 Å². The molecule has 5 nitrogen and oxygen atoms in total. The molecule has 180 valence electrons. The first-order chi connectivity index (χ1) is 15.3. The van der Waals surface area contributed by atoms with Crippen molar-refractivity contribution in [2.75, 3.05) is 18.0 Å². The lowest BCUT2D eigenvalue weighted by molar-refractivity contribution is -0.00522. The van der Waals surface area contributed by atoms with Gasteiger partial charge in [-0.15, -0.1) is 0 Å². The first-order valence-electron chi connectivity index (χ1n) is 11.6. The highest BCUT2D eigenvalue weighted by molar-refractivity contribution is 7.91. The van der Waals surface area contributed by atoms with E-state index in [4.69, 9.17) is 4.74 Å². The van der Waals surface area contributed by atoms with E-state index in [1.54, 1.807) is 45.0 Å². The van der Waals surface area contributed by atoms with Gasteiger partial charge in [0, 0.05) is 30.8 Å². The van der Waals surface area contributed by atoms with E-state index in [9.17, 15) is 13.2 Å². The Bertz CT molecular complexity index is 1080. The summed E-state index contributed by atoms with van der Waals surface area (Å²) in [5, 5.41) is 0. The zero-order chi connectivity index (χ0) is 24.6. The molecule has 0 radical (unpaired) electrons. The second-order valence-electron chi connectivity index (χ2n) is 10.4. The maximum atomic E-state index is 13.0. The molecule has 2 aromatic carbocycles. The Morgan fingerprint density at radius 3 is 2.00 bits per heavy atom. The van der Waals surface area contributed by atoms with Gasteiger partial charge in [-0.1, -0.05) is 24.3 Å². The van der Waals surface area contributed by atoms with E-state index < -0.39 is 14.6 Å². The molecule has 1 aliphatic heterocycles. The van der Waals surface area contributed by atoms with Crippen LogP contribution >= 0.6 is 0 Å². The number of hydrogen-bond donors (Lipinski definition) is 0. The molecule has 0 bridgehead atoms. The van der Waals surface area contributed by atoms with Crippen molar-refractivity contribution >= 4 is 21.3 Å². The van der Waals surface area contributed by atoms with Crippen LogP contribution in [0.2, 0.25) is 0 Å². The average Bonchev–Trinajstić information content (AvgIpc) is 2.69. The van der Waals surface area contributed by atoms with Crippen LogP contribution in [-0.4, -0.2) is 44.2 Å². The third-order valence-corrected chi connectivity index (χ3v) is 8.95. The topological polar surface area (TPSA) is 63.7 Å². The SMILES string of the molecule is Cc1cc(N2C[C@@H](C)O[C@@H](C)C2)cc(C)c1CC(=O)c1ccc(CS(=O)(=O)C(C)(C)C)cc1. The molecule has 0 unspecified atom stereocenters. The molecular weight excluding hydrogens is 434 g/mol. The van der Waals surface area contributed by atoms with Crippen molar-refractivity contribution in [2.24, 2.45) is 0 Å². The molecule has 0 saturated carbocycles. The van der Waals surface area contributed by atoms with Gasteiger partial charge in [0.15, 0.2) is 15.6 Å². The third kappa shape index (κ3) is 6.04. The fourth-order valence-corrected chi connectivity index (χ4v) is 5.37. The Balaban J connectivity index is 1.74. The van der Waals surface area contributed by atoms with Crippen LogP contribution in [0.3, 0.4) is 0 Å². The summed E-state index contributed by atoms with van der Waals surface area (Å²) in [4.78, 5) is 15.4. The molecule has 0 amide bonds. The number of rotatable bonds is 6. The third-order valence-electron chi connectivity index (χ3n) is 6.37. The van der Waals surface area contributed by atoms with Gasteiger partial charge in [0.1, 0.15) is 0 Å². The summed E-state index contributed by atoms with van der Waals surface area (Å²) >= 11 is 0. The number of hydrogen-bond acceptors (Lipinski definition) is 5. The minimum Gasteiger partial charge on any atom is -0.372 e. The summed E-state index contributed by atoms with van der Waals surface area (Å²) in [5.41, 5.74) is 5.75. The summed E-state index contributed by atoms with van der Waals surface area (Å²) in [6, 6.07) is 11.3. The first-order valence-corrected chi connectivity index (χ1v) is 13.3. The summed E-state index contributed by atoms with van der Waals surface area (Å²) in [7, 11) is -3.26. The molecule has 1 heterocycles. The largest absolute Gasteiger partial charge is 0.372 e. The van der Waals surface area contributed by atoms with Crippen molar-refractivity contribution in [3.05, 3.63) is 64.2 Å². The van der Waals surface area contributed by atoms with Crippen molar-refractivity contribution < 1.29 is 17.9 Å². The minimum atomic E-state index is -3.26. The van der Waals surface area contributed by atoms with Crippen LogP contribution in [0.1, 0.15) is 67.2 Å². The predicted octanol–water partition coefficient (Wildman–Crippen LogP) is 5.06. The summed E-state index contributed by atoms with van der Waals surface area (Å²) in [6.07, 6.45) is 0.710. The Kier molecular flexibility index (Phi) is 7.39. The molecule has 2 aromatic rings. The van der Waals surface area contributed by atoms with Gasteiger partial charge in [-0.2, -0.15) is 0 Å². The van der Waals surface area contributed by atoms with Gasteiger partial charge in [-0.25, -0.2) is 8.42 Å². The van der Waals surface area contributed by atoms with Crippen LogP contribution in [0.25, 0.3) is 0 Å². The Labute approximate surface area is 199 Å². The van der Waals surface area contributed by atoms with Gasteiger partial charge in [0.05, 0.1) is 22.7 Å². The van der Waals surface area contributed by atoms with Crippen LogP contribution in [0.15, 0.2) is 36.4 Å². The highest BCUT2D eigenvalue weighted by atomic mass is 32.2. The maximum Gasteiger partial charge on any atom is 0.167 e. The lowest BCUT2D eigenvalue weighted by atomic mass is 9.94. The second-order valence-corrected chi connectivity index (χ2v) is 13.1. The number of ketones is 1. The van der Waals surface area contributed by atoms with Crippen LogP contribution < -0.4 is 4.90 Å². The van der Waals surface area contributed by atoms with Gasteiger partial charge in [0.25, 0.3) is 0 Å². The van der Waals surface area contributed by atoms with E-state index in [1.807, 2.05) is 0 Å². The number of nitrogens with zero attached hydrogens (tertiary/aromatic N) is 1. The predicted molar refractivity (Wildman–Crippen MR) is 135 cm³/mol. The lowest BCUT2D eigenvalue weighted by Crippen LogP contribution is -2.45. The van der Waals surface area contributed by atoms with Gasteiger partial charge in [0.2, 0.25) is 0 Å². The van der Waals surface area contributed by atoms with Crippen LogP contribution in [0.5, 0.6) is 0 Å². The van der Waals surface area contributed by atoms with Crippen molar-refractivity contribution in [2.45, 2.75) is 77.6 Å². The number of ether oxygens (including phenoxy) is 1. The van der Waals surface area contributed by atoms with E-state index in [0.717, 1.165) is 29.8 Å². The highest BCUT2D eigenvalue weighted by Gasteiger charge is 2.29. The van der Waals surface area contributed by atoms with Gasteiger partial charge < -0.3 is 9.64 Å². The zero-order valence-electron chi connectivity index (χ0n) is 20.9. The lowest BCUT2D eigenvalue weighted by Gasteiger charge is -2.37. The summed E-state index contributed by atoms with van der Waals surface area (Å²) in [6.45, 7) is 15.2. The van der Waals surface area contributed by atoms with Crippen molar-refractivity contribution in [3.8, 4) is 0 Å². The van der Waals surface area contributed by atoms with E-state index in [1.165, 1.54) is 5.69 Å². The molecule has 33 heavy (non-hydrogen) atoms. The molecule has 6 heteroatoms. The zero-order valence-corrected chi connectivity index (χ0v) is 21.8. The number of carbonyl (C=O) groups excluding carboxylic acids is 1. The monoisotopic (exact) mass is 471 g/mol. The quantitative estimate of drug-likeness (QED) is 0.551. The maximum absolute atomic E-state index is 13.0. The number of sulfone groups is 1. The molecule has 1 aliphatic rings. The number of morpholine rings is 1. The molecule has 0 aromatic heterocycles. The fraction of sp³-hybridized carbons (Fsp3) is 0.519. The van der Waals surface area contributed by atoms with Gasteiger partial charge in [-0.3, -0.25) is 4.79 Å². The average molecular weight is 472 g/mol. The van der Waals surface area contributed by atoms with Crippen molar-refractivity contribution in [1.29, 1.82) is 0 Å². The molecule has 1 fully saturated rings. The highest BCUT2D eigenvalue weighted by Crippen LogP contribution is 2.27. The molecule has 1 saturated heterocycles. The smallest absolute Gasteiger partial charge is 0.167 e. The number of aryl methyl sites for hydroxylation is 2. The molecule has 2 atom stereocenters. The Morgan fingerprint density at radius 1 is 1.00 bits per heavy atom. The fourth-order valence-electron chi connectivity index (χ4n) is 4.31. The normalized spacial score (nSPS) is 19.5. The molecule has 0 N–H and O–H groups in total. The molecule has 3 rings (SSSR count). The summed E-state index contributed by atoms with van der Waals surface area (Å²) < 4.78 is 30.0. The number of anilines is 1. The number of Topliss-reactive ketones (excluding diaryl/α,β-unsaturated/α-hetero) is 1. The Hall–Kier alpha value is -2.18. The van der Waals surface area contributed by atoms with E-state index in [-0.39, 0.29) is 23.7 Å². The van der Waals surface area contributed by atoms with Crippen LogP contribution in [0, 0.1) is 13.8 Å². The Morgan fingerprint density at radius 2 is 1.52 bits per heavy atom. The van der Waals surface area contributed by atoms with Gasteiger partial charge >= 0.3 is 0 Å². The van der Waals surface area contributed by atoms with E-state index in [2.05, 4.69) is 44.7 Å². The van der Waals surface area contributed by atoms with Gasteiger partial charge in [-0.05, 0) is 82.9 Å². The molecule has 0 aliphatic carbocycles. The van der Waals surface area contributed by atoms with Crippen molar-refractivity contribution in [1.82, 2.24) is 0 Å². The number of benzene rings is 2. The standard InChI is InChI=1S/C27H37NO4S/c1-18-12-24(28-15-20(3)32-21(4)16-28)13-19(2)25(18)14-26(29)23-10-8-22(9-11-23)17-33(30,31)27(5,6)7/h8-13,20-21H,14-17H2,1-7H3/t20-,21+. The van der Waals surface area contributed by atoms with Crippen LogP contribution in [-0.2, 0) is 26.7 Å². The summed E-state index contributed by atoms with van der Waals surface area (Å²) in [5.74, 6) is 0.0106. The molecule has 0 spiro atoms. The van der Waals surface area contributed by atoms with Crippen LogP contribution in [0.4, 0.5) is 5.69 Å². The molecular formula is C27H37NO4S. The first kappa shape index (κ1) is 25.4. The second kappa shape index (κ2) is 9.59. The van der Waals surface area contributed by atoms with E-state index >= 15 is 0 Å². The van der Waals surface area contributed by atoms with Crippen molar-refractivity contribution in [3.63, 3.8) is 0 Å². The number of carbonyl (C=O) groups is 1.